The number of hydrogen-bond donors (Lipinski definition) is 1. The third-order valence-electron chi connectivity index (χ3n) is 2.09. The van der Waals surface area contributed by atoms with Gasteiger partial charge in [-0.25, -0.2) is 4.98 Å². The van der Waals surface area contributed by atoms with Crippen molar-refractivity contribution in [2.45, 2.75) is 25.0 Å². The zero-order valence-corrected chi connectivity index (χ0v) is 9.31. The fourth-order valence-corrected chi connectivity index (χ4v) is 2.38. The summed E-state index contributed by atoms with van der Waals surface area (Å²) in [5, 5.41) is -0.976. The highest BCUT2D eigenvalue weighted by Gasteiger charge is 2.27. The number of hydrogen-bond acceptors (Lipinski definition) is 3. The molecule has 5 nitrogen and oxygen atoms in total. The van der Waals surface area contributed by atoms with E-state index in [2.05, 4.69) is 11.6 Å². The van der Waals surface area contributed by atoms with E-state index in [-0.39, 0.29) is 0 Å². The first kappa shape index (κ1) is 11.9. The van der Waals surface area contributed by atoms with Gasteiger partial charge >= 0.3 is 0 Å². The van der Waals surface area contributed by atoms with Crippen LogP contribution in [0.5, 0.6) is 0 Å². The molecule has 0 fully saturated rings. The van der Waals surface area contributed by atoms with Gasteiger partial charge in [-0.2, -0.15) is 8.42 Å². The lowest BCUT2D eigenvalue weighted by atomic mass is 10.2. The zero-order chi connectivity index (χ0) is 11.5. The molecule has 1 N–H and O–H groups in total. The minimum absolute atomic E-state index is 0.300. The van der Waals surface area contributed by atoms with Gasteiger partial charge in [0.2, 0.25) is 0 Å². The van der Waals surface area contributed by atoms with E-state index in [4.69, 9.17) is 4.55 Å². The summed E-state index contributed by atoms with van der Waals surface area (Å²) in [4.78, 5) is 3.92. The van der Waals surface area contributed by atoms with Crippen molar-refractivity contribution in [1.82, 2.24) is 9.55 Å². The summed E-state index contributed by atoms with van der Waals surface area (Å²) in [6.45, 7) is 5.38. The van der Waals surface area contributed by atoms with Crippen LogP contribution in [0.4, 0.5) is 0 Å². The van der Waals surface area contributed by atoms with E-state index >= 15 is 0 Å². The lowest BCUT2D eigenvalue weighted by Crippen LogP contribution is -2.15. The predicted molar refractivity (Wildman–Crippen MR) is 57.8 cm³/mol. The molecule has 0 radical (unpaired) electrons. The molecule has 1 aromatic rings. The Morgan fingerprint density at radius 2 is 2.40 bits per heavy atom. The third kappa shape index (κ3) is 2.66. The molecule has 0 spiro atoms. The van der Waals surface area contributed by atoms with Crippen molar-refractivity contribution < 1.29 is 13.0 Å². The molecule has 0 aliphatic heterocycles. The second-order valence-corrected chi connectivity index (χ2v) is 4.77. The van der Waals surface area contributed by atoms with E-state index in [0.29, 0.717) is 18.7 Å². The van der Waals surface area contributed by atoms with Crippen LogP contribution in [-0.4, -0.2) is 22.5 Å². The Balaban J connectivity index is 3.15. The normalized spacial score (nSPS) is 13.7. The van der Waals surface area contributed by atoms with Crippen molar-refractivity contribution in [2.24, 2.45) is 0 Å². The largest absolute Gasteiger partial charge is 0.310 e. The van der Waals surface area contributed by atoms with Crippen LogP contribution in [0.25, 0.3) is 6.20 Å². The molecule has 84 valence electrons. The second kappa shape index (κ2) is 4.59. The molecule has 0 saturated heterocycles. The highest BCUT2D eigenvalue weighted by Crippen LogP contribution is 2.25. The van der Waals surface area contributed by atoms with Crippen molar-refractivity contribution >= 4 is 16.3 Å². The molecule has 1 aromatic heterocycles. The smallest absolute Gasteiger partial charge is 0.275 e. The highest BCUT2D eigenvalue weighted by molar-refractivity contribution is 7.86. The van der Waals surface area contributed by atoms with Gasteiger partial charge < -0.3 is 4.57 Å². The van der Waals surface area contributed by atoms with Crippen molar-refractivity contribution in [3.8, 4) is 0 Å². The highest BCUT2D eigenvalue weighted by atomic mass is 32.2. The molecule has 1 heterocycles. The van der Waals surface area contributed by atoms with Crippen LogP contribution in [0.1, 0.15) is 30.8 Å². The summed E-state index contributed by atoms with van der Waals surface area (Å²) in [7, 11) is -4.11. The molecule has 0 aliphatic rings. The Labute approximate surface area is 89.2 Å². The lowest BCUT2D eigenvalue weighted by Gasteiger charge is -2.12. The second-order valence-electron chi connectivity index (χ2n) is 3.17. The van der Waals surface area contributed by atoms with Crippen LogP contribution in [0.2, 0.25) is 0 Å². The van der Waals surface area contributed by atoms with Gasteiger partial charge in [0, 0.05) is 18.6 Å². The maximum Gasteiger partial charge on any atom is 0.275 e. The van der Waals surface area contributed by atoms with Crippen LogP contribution >= 0.6 is 0 Å². The monoisotopic (exact) mass is 230 g/mol. The van der Waals surface area contributed by atoms with Crippen LogP contribution in [0.3, 0.4) is 0 Å². The molecular formula is C9H14N2O3S. The minimum atomic E-state index is -4.11. The van der Waals surface area contributed by atoms with Crippen molar-refractivity contribution in [3.63, 3.8) is 0 Å². The predicted octanol–water partition coefficient (Wildman–Crippen LogP) is 1.71. The van der Waals surface area contributed by atoms with E-state index in [1.807, 2.05) is 6.92 Å². The van der Waals surface area contributed by atoms with Crippen LogP contribution in [-0.2, 0) is 10.1 Å². The van der Waals surface area contributed by atoms with Crippen molar-refractivity contribution in [2.75, 3.05) is 0 Å². The average Bonchev–Trinajstić information content (AvgIpc) is 2.59. The number of aromatic nitrogens is 2. The zero-order valence-electron chi connectivity index (χ0n) is 8.50. The Bertz CT molecular complexity index is 436. The maximum absolute atomic E-state index is 11.2. The maximum atomic E-state index is 11.2. The van der Waals surface area contributed by atoms with Crippen LogP contribution in [0, 0.1) is 0 Å². The van der Waals surface area contributed by atoms with Crippen molar-refractivity contribution in [1.29, 1.82) is 0 Å². The summed E-state index contributed by atoms with van der Waals surface area (Å²) in [5.74, 6) is 0.300. The van der Waals surface area contributed by atoms with E-state index in [0.717, 1.165) is 0 Å². The topological polar surface area (TPSA) is 72.2 Å². The molecule has 15 heavy (non-hydrogen) atoms. The van der Waals surface area contributed by atoms with Gasteiger partial charge in [-0.1, -0.05) is 19.9 Å². The molecule has 6 heteroatoms. The average molecular weight is 230 g/mol. The van der Waals surface area contributed by atoms with Crippen LogP contribution < -0.4 is 0 Å². The first-order chi connectivity index (χ1) is 7.00. The Morgan fingerprint density at radius 3 is 2.87 bits per heavy atom. The Hall–Kier alpha value is -1.14. The summed E-state index contributed by atoms with van der Waals surface area (Å²) in [6, 6.07) is 0. The van der Waals surface area contributed by atoms with Gasteiger partial charge in [-0.3, -0.25) is 4.55 Å². The summed E-state index contributed by atoms with van der Waals surface area (Å²) in [6.07, 6.45) is 5.51. The number of imidazole rings is 1. The van der Waals surface area contributed by atoms with Gasteiger partial charge in [0.1, 0.15) is 11.1 Å². The van der Waals surface area contributed by atoms with Gasteiger partial charge in [-0.05, 0) is 6.42 Å². The molecule has 0 saturated carbocycles. The molecule has 0 amide bonds. The first-order valence-corrected chi connectivity index (χ1v) is 6.12. The Morgan fingerprint density at radius 1 is 1.73 bits per heavy atom. The molecule has 0 aromatic carbocycles. The number of nitrogens with zero attached hydrogens (tertiary/aromatic N) is 2. The van der Waals surface area contributed by atoms with E-state index in [1.54, 1.807) is 6.20 Å². The van der Waals surface area contributed by atoms with Gasteiger partial charge in [0.15, 0.2) is 0 Å². The van der Waals surface area contributed by atoms with Crippen molar-refractivity contribution in [3.05, 3.63) is 24.8 Å². The first-order valence-electron chi connectivity index (χ1n) is 4.62. The van der Waals surface area contributed by atoms with E-state index in [9.17, 15) is 8.42 Å². The molecule has 1 unspecified atom stereocenters. The van der Waals surface area contributed by atoms with Gasteiger partial charge in [0.05, 0.1) is 0 Å². The summed E-state index contributed by atoms with van der Waals surface area (Å²) in [5.41, 5.74) is 0. The standard InChI is InChI=1S/C9H14N2O3S/c1-3-5-8(15(12,13)14)9-10-6-7-11(9)4-2/h4,6-8H,2-3,5H2,1H3,(H,12,13,14). The fraction of sp³-hybridized carbons (Fsp3) is 0.444. The molecular weight excluding hydrogens is 216 g/mol. The van der Waals surface area contributed by atoms with Crippen LogP contribution in [0.15, 0.2) is 19.0 Å². The summed E-state index contributed by atoms with van der Waals surface area (Å²) < 4.78 is 32.9. The third-order valence-corrected chi connectivity index (χ3v) is 3.26. The number of rotatable bonds is 5. The van der Waals surface area contributed by atoms with E-state index < -0.39 is 15.4 Å². The molecule has 0 bridgehead atoms. The fourth-order valence-electron chi connectivity index (χ4n) is 1.40. The quantitative estimate of drug-likeness (QED) is 0.781. The van der Waals surface area contributed by atoms with Gasteiger partial charge in [0.25, 0.3) is 10.1 Å². The SMILES string of the molecule is C=Cn1ccnc1C(CCC)S(=O)(=O)O. The minimum Gasteiger partial charge on any atom is -0.310 e. The molecule has 1 rings (SSSR count). The summed E-state index contributed by atoms with van der Waals surface area (Å²) >= 11 is 0. The van der Waals surface area contributed by atoms with E-state index in [1.165, 1.54) is 17.0 Å². The van der Waals surface area contributed by atoms with Gasteiger partial charge in [-0.15, -0.1) is 0 Å². The molecule has 0 aliphatic carbocycles. The Kier molecular flexibility index (Phi) is 3.65. The lowest BCUT2D eigenvalue weighted by molar-refractivity contribution is 0.459. The molecule has 1 atom stereocenters.